The van der Waals surface area contributed by atoms with Gasteiger partial charge in [0, 0.05) is 12.6 Å². The first-order valence-corrected chi connectivity index (χ1v) is 15.8. The van der Waals surface area contributed by atoms with Crippen LogP contribution in [-0.4, -0.2) is 43.8 Å². The lowest BCUT2D eigenvalue weighted by Gasteiger charge is -2.33. The number of nitrogens with one attached hydrogen (secondary N) is 1. The van der Waals surface area contributed by atoms with Gasteiger partial charge < -0.3 is 10.2 Å². The van der Waals surface area contributed by atoms with Crippen molar-refractivity contribution in [2.75, 3.05) is 10.8 Å². The Labute approximate surface area is 253 Å². The van der Waals surface area contributed by atoms with Gasteiger partial charge in [0.15, 0.2) is 0 Å². The summed E-state index contributed by atoms with van der Waals surface area (Å²) in [5.41, 5.74) is 2.04. The van der Waals surface area contributed by atoms with Gasteiger partial charge in [0.25, 0.3) is 10.0 Å². The van der Waals surface area contributed by atoms with Crippen LogP contribution in [0.5, 0.6) is 0 Å². The molecule has 41 heavy (non-hydrogen) atoms. The maximum atomic E-state index is 14.1. The summed E-state index contributed by atoms with van der Waals surface area (Å²) in [5.74, 6) is -0.611. The van der Waals surface area contributed by atoms with E-state index in [9.17, 15) is 18.0 Å². The van der Waals surface area contributed by atoms with Crippen molar-refractivity contribution in [3.8, 4) is 0 Å². The minimum atomic E-state index is -4.13. The van der Waals surface area contributed by atoms with E-state index in [0.717, 1.165) is 9.87 Å². The van der Waals surface area contributed by atoms with Gasteiger partial charge in [-0.25, -0.2) is 8.42 Å². The number of hydrogen-bond donors (Lipinski definition) is 1. The molecule has 0 aliphatic rings. The fourth-order valence-corrected chi connectivity index (χ4v) is 6.16. The van der Waals surface area contributed by atoms with Crippen LogP contribution in [0.3, 0.4) is 0 Å². The van der Waals surface area contributed by atoms with E-state index < -0.39 is 28.5 Å². The van der Waals surface area contributed by atoms with Gasteiger partial charge in [-0.15, -0.1) is 0 Å². The first-order chi connectivity index (χ1) is 19.3. The van der Waals surface area contributed by atoms with Gasteiger partial charge in [-0.1, -0.05) is 80.4 Å². The Morgan fingerprint density at radius 1 is 0.878 bits per heavy atom. The van der Waals surface area contributed by atoms with Crippen LogP contribution in [0.15, 0.2) is 77.7 Å². The second-order valence-electron chi connectivity index (χ2n) is 10.4. The molecule has 3 aromatic rings. The molecule has 1 N–H and O–H groups in total. The molecule has 0 heterocycles. The smallest absolute Gasteiger partial charge is 0.264 e. The molecule has 2 amide bonds. The summed E-state index contributed by atoms with van der Waals surface area (Å²) < 4.78 is 28.9. The Morgan fingerprint density at radius 3 is 2.05 bits per heavy atom. The number of sulfonamides is 1. The summed E-state index contributed by atoms with van der Waals surface area (Å²) >= 11 is 12.3. The van der Waals surface area contributed by atoms with Crippen LogP contribution in [0, 0.1) is 0 Å². The van der Waals surface area contributed by atoms with Gasteiger partial charge in [-0.2, -0.15) is 0 Å². The summed E-state index contributed by atoms with van der Waals surface area (Å²) in [4.78, 5) is 28.8. The summed E-state index contributed by atoms with van der Waals surface area (Å²) in [6, 6.07) is 19.1. The van der Waals surface area contributed by atoms with Crippen molar-refractivity contribution in [1.29, 1.82) is 0 Å². The summed E-state index contributed by atoms with van der Waals surface area (Å²) in [6.07, 6.45) is 0.320. The van der Waals surface area contributed by atoms with E-state index in [-0.39, 0.29) is 29.3 Å². The molecule has 7 nitrogen and oxygen atoms in total. The van der Waals surface area contributed by atoms with E-state index >= 15 is 0 Å². The maximum Gasteiger partial charge on any atom is 0.264 e. The number of benzene rings is 3. The number of hydrogen-bond acceptors (Lipinski definition) is 4. The van der Waals surface area contributed by atoms with Crippen LogP contribution in [0.4, 0.5) is 5.69 Å². The Morgan fingerprint density at radius 2 is 1.51 bits per heavy atom. The average molecular weight is 619 g/mol. The van der Waals surface area contributed by atoms with Crippen molar-refractivity contribution in [1.82, 2.24) is 10.2 Å². The van der Waals surface area contributed by atoms with Crippen molar-refractivity contribution in [3.63, 3.8) is 0 Å². The van der Waals surface area contributed by atoms with Crippen LogP contribution in [0.1, 0.15) is 58.1 Å². The van der Waals surface area contributed by atoms with E-state index in [4.69, 9.17) is 23.2 Å². The van der Waals surface area contributed by atoms with E-state index in [1.807, 2.05) is 46.8 Å². The Hall–Kier alpha value is -3.07. The maximum absolute atomic E-state index is 14.1. The van der Waals surface area contributed by atoms with Gasteiger partial charge in [0.05, 0.1) is 20.6 Å². The molecular formula is C31H37Cl2N3O4S. The molecule has 0 aliphatic carbocycles. The fraction of sp³-hybridized carbons (Fsp3) is 0.355. The van der Waals surface area contributed by atoms with Crippen LogP contribution in [0.2, 0.25) is 10.0 Å². The quantitative estimate of drug-likeness (QED) is 0.247. The third-order valence-electron chi connectivity index (χ3n) is 6.61. The van der Waals surface area contributed by atoms with E-state index in [1.165, 1.54) is 17.0 Å². The zero-order valence-corrected chi connectivity index (χ0v) is 26.3. The van der Waals surface area contributed by atoms with Gasteiger partial charge in [-0.3, -0.25) is 13.9 Å². The lowest BCUT2D eigenvalue weighted by atomic mass is 10.0. The molecule has 0 fully saturated rings. The SMILES string of the molecule is CC[C@H](C(=O)NC(C)C)N(Cc1ccc(Cl)c(Cl)c1)C(=O)CN(c1ccc(C(C)C)cc1)S(=O)(=O)c1ccccc1. The number of nitrogens with zero attached hydrogens (tertiary/aromatic N) is 2. The molecule has 0 aromatic heterocycles. The molecule has 0 radical (unpaired) electrons. The van der Waals surface area contributed by atoms with E-state index in [0.29, 0.717) is 27.7 Å². The molecule has 3 rings (SSSR count). The number of halogens is 2. The predicted molar refractivity (Wildman–Crippen MR) is 166 cm³/mol. The van der Waals surface area contributed by atoms with Crippen LogP contribution >= 0.6 is 23.2 Å². The fourth-order valence-electron chi connectivity index (χ4n) is 4.41. The Kier molecular flexibility index (Phi) is 11.2. The first-order valence-electron chi connectivity index (χ1n) is 13.6. The van der Waals surface area contributed by atoms with Crippen molar-refractivity contribution in [2.45, 2.75) is 70.5 Å². The van der Waals surface area contributed by atoms with Crippen LogP contribution in [0.25, 0.3) is 0 Å². The van der Waals surface area contributed by atoms with Crippen LogP contribution < -0.4 is 9.62 Å². The van der Waals surface area contributed by atoms with Crippen molar-refractivity contribution in [3.05, 3.63) is 94.0 Å². The monoisotopic (exact) mass is 617 g/mol. The topological polar surface area (TPSA) is 86.8 Å². The molecule has 1 atom stereocenters. The minimum absolute atomic E-state index is 0.0330. The number of rotatable bonds is 12. The zero-order valence-electron chi connectivity index (χ0n) is 24.0. The number of anilines is 1. The van der Waals surface area contributed by atoms with Gasteiger partial charge in [0.2, 0.25) is 11.8 Å². The van der Waals surface area contributed by atoms with Gasteiger partial charge in [0.1, 0.15) is 12.6 Å². The molecule has 0 saturated heterocycles. The minimum Gasteiger partial charge on any atom is -0.352 e. The second kappa shape index (κ2) is 14.2. The molecule has 0 unspecified atom stereocenters. The predicted octanol–water partition coefficient (Wildman–Crippen LogP) is 6.64. The lowest BCUT2D eigenvalue weighted by Crippen LogP contribution is -2.53. The van der Waals surface area contributed by atoms with Gasteiger partial charge in [-0.05, 0) is 73.7 Å². The Bertz CT molecular complexity index is 1450. The summed E-state index contributed by atoms with van der Waals surface area (Å²) in [5, 5.41) is 3.56. The lowest BCUT2D eigenvalue weighted by molar-refractivity contribution is -0.140. The third kappa shape index (κ3) is 8.24. The summed E-state index contributed by atoms with van der Waals surface area (Å²) in [6.45, 7) is 9.10. The third-order valence-corrected chi connectivity index (χ3v) is 9.14. The average Bonchev–Trinajstić information content (AvgIpc) is 2.93. The highest BCUT2D eigenvalue weighted by Gasteiger charge is 2.34. The highest BCUT2D eigenvalue weighted by atomic mass is 35.5. The normalized spacial score (nSPS) is 12.3. The van der Waals surface area contributed by atoms with Crippen molar-refractivity contribution >= 4 is 50.7 Å². The van der Waals surface area contributed by atoms with E-state index in [1.54, 1.807) is 48.5 Å². The van der Waals surface area contributed by atoms with Gasteiger partial charge >= 0.3 is 0 Å². The first kappa shape index (κ1) is 32.4. The molecule has 0 spiro atoms. The number of carbonyl (C=O) groups excluding carboxylic acids is 2. The van der Waals surface area contributed by atoms with E-state index in [2.05, 4.69) is 5.32 Å². The second-order valence-corrected chi connectivity index (χ2v) is 13.1. The van der Waals surface area contributed by atoms with Crippen molar-refractivity contribution < 1.29 is 18.0 Å². The number of amides is 2. The van der Waals surface area contributed by atoms with Crippen molar-refractivity contribution in [2.24, 2.45) is 0 Å². The molecule has 0 aliphatic heterocycles. The molecule has 0 bridgehead atoms. The molecule has 10 heteroatoms. The Balaban J connectivity index is 2.08. The zero-order chi connectivity index (χ0) is 30.3. The molecule has 220 valence electrons. The standard InChI is InChI=1S/C31H37Cl2N3O4S/c1-6-29(31(38)34-22(4)5)35(19-23-12-17-27(32)28(33)18-23)30(37)20-36(25-15-13-24(14-16-25)21(2)3)41(39,40)26-10-8-7-9-11-26/h7-18,21-22,29H,6,19-20H2,1-5H3,(H,34,38)/t29-/m1/s1. The molecule has 3 aromatic carbocycles. The highest BCUT2D eigenvalue weighted by molar-refractivity contribution is 7.92. The highest BCUT2D eigenvalue weighted by Crippen LogP contribution is 2.28. The summed E-state index contributed by atoms with van der Waals surface area (Å²) in [7, 11) is -4.13. The largest absolute Gasteiger partial charge is 0.352 e. The molecular weight excluding hydrogens is 581 g/mol. The molecule has 0 saturated carbocycles. The number of carbonyl (C=O) groups is 2. The van der Waals surface area contributed by atoms with Crippen LogP contribution in [-0.2, 0) is 26.2 Å².